The highest BCUT2D eigenvalue weighted by Crippen LogP contribution is 2.45. The molecule has 1 saturated heterocycles. The van der Waals surface area contributed by atoms with E-state index in [2.05, 4.69) is 90.5 Å². The first kappa shape index (κ1) is 41.9. The Bertz CT molecular complexity index is 1940. The van der Waals surface area contributed by atoms with Crippen LogP contribution in [0.4, 0.5) is 5.69 Å². The van der Waals surface area contributed by atoms with E-state index >= 15 is 0 Å². The van der Waals surface area contributed by atoms with Crippen LogP contribution in [-0.2, 0) is 42.0 Å². The first-order valence-corrected chi connectivity index (χ1v) is 21.1. The third-order valence-corrected chi connectivity index (χ3v) is 12.0. The second kappa shape index (κ2) is 18.2. The Balaban J connectivity index is 1.36. The van der Waals surface area contributed by atoms with Gasteiger partial charge in [-0.1, -0.05) is 92.5 Å². The van der Waals surface area contributed by atoms with E-state index in [4.69, 9.17) is 21.3 Å². The standard InChI is InChI=1S/C48H63ClN4O3/c1-33-15-14-19-40(49)39(33)32-52-26-22-36-29-37(20-21-38(36)31-52)43-41(30-50-25-13-9-12-18-35-16-10-8-11-17-35)51-34(2)42(45(46(54)55)56-47(3,4)5)44(43)53-27-23-48(6,7)24-28-53/h8,10-11,14-17,19-21,29,45,50H,9,12-13,18,22-28,30-32H2,1-7H3,(H,54,55). The maximum atomic E-state index is 13.2. The molecular formula is C48H63ClN4O3. The second-order valence-corrected chi connectivity index (χ2v) is 18.2. The quantitative estimate of drug-likeness (QED) is 0.116. The summed E-state index contributed by atoms with van der Waals surface area (Å²) < 4.78 is 6.41. The SMILES string of the molecule is Cc1cccc(Cl)c1CN1CCc2cc(-c3c(CNCCCCCc4ccccc4)nc(C)c(C(OC(C)(C)C)C(=O)O)c3N3CCC(C)(C)CC3)ccc2C1. The molecule has 0 saturated carbocycles. The van der Waals surface area contributed by atoms with Crippen molar-refractivity contribution in [1.82, 2.24) is 15.2 Å². The second-order valence-electron chi connectivity index (χ2n) is 17.8. The Morgan fingerprint density at radius 2 is 1.71 bits per heavy atom. The molecule has 1 aromatic heterocycles. The Labute approximate surface area is 340 Å². The predicted molar refractivity (Wildman–Crippen MR) is 231 cm³/mol. The lowest BCUT2D eigenvalue weighted by Gasteiger charge is -2.41. The third kappa shape index (κ3) is 10.6. The molecule has 3 heterocycles. The van der Waals surface area contributed by atoms with Crippen molar-refractivity contribution in [2.45, 2.75) is 125 Å². The zero-order valence-electron chi connectivity index (χ0n) is 34.8. The molecule has 0 spiro atoms. The molecule has 2 aliphatic rings. The molecule has 0 amide bonds. The van der Waals surface area contributed by atoms with Crippen LogP contribution in [0.25, 0.3) is 11.1 Å². The number of nitrogens with zero attached hydrogens (tertiary/aromatic N) is 3. The van der Waals surface area contributed by atoms with Gasteiger partial charge in [0.1, 0.15) is 0 Å². The lowest BCUT2D eigenvalue weighted by Crippen LogP contribution is -2.39. The number of aryl methyl sites for hydroxylation is 3. The van der Waals surface area contributed by atoms with Gasteiger partial charge in [0.25, 0.3) is 0 Å². The lowest BCUT2D eigenvalue weighted by atomic mass is 9.81. The molecule has 1 atom stereocenters. The number of carbonyl (C=O) groups is 1. The minimum atomic E-state index is -1.16. The number of piperidine rings is 1. The average Bonchev–Trinajstić information content (AvgIpc) is 3.15. The number of aromatic nitrogens is 1. The van der Waals surface area contributed by atoms with E-state index < -0.39 is 17.7 Å². The highest BCUT2D eigenvalue weighted by atomic mass is 35.5. The van der Waals surface area contributed by atoms with Gasteiger partial charge in [0, 0.05) is 61.1 Å². The molecule has 56 heavy (non-hydrogen) atoms. The van der Waals surface area contributed by atoms with Crippen LogP contribution in [0.2, 0.25) is 5.02 Å². The summed E-state index contributed by atoms with van der Waals surface area (Å²) in [6.45, 7) is 20.3. The van der Waals surface area contributed by atoms with E-state index in [1.165, 1.54) is 27.8 Å². The van der Waals surface area contributed by atoms with Crippen molar-refractivity contribution in [2.75, 3.05) is 31.1 Å². The summed E-state index contributed by atoms with van der Waals surface area (Å²) in [5, 5.41) is 15.4. The van der Waals surface area contributed by atoms with Gasteiger partial charge in [0.2, 0.25) is 0 Å². The van der Waals surface area contributed by atoms with Crippen LogP contribution in [0.1, 0.15) is 118 Å². The number of nitrogens with one attached hydrogen (secondary N) is 1. The summed E-state index contributed by atoms with van der Waals surface area (Å²) in [4.78, 5) is 23.4. The molecule has 8 heteroatoms. The Kier molecular flexibility index (Phi) is 13.6. The molecule has 0 aliphatic carbocycles. The van der Waals surface area contributed by atoms with Gasteiger partial charge in [0.15, 0.2) is 6.10 Å². The number of carboxylic acid groups (broad SMARTS) is 1. The number of rotatable bonds is 15. The number of anilines is 1. The van der Waals surface area contributed by atoms with Gasteiger partial charge < -0.3 is 20.1 Å². The van der Waals surface area contributed by atoms with Crippen LogP contribution in [-0.4, -0.2) is 52.7 Å². The van der Waals surface area contributed by atoms with E-state index in [0.717, 1.165) is 112 Å². The lowest BCUT2D eigenvalue weighted by molar-refractivity contribution is -0.160. The fourth-order valence-electron chi connectivity index (χ4n) is 8.36. The summed E-state index contributed by atoms with van der Waals surface area (Å²) >= 11 is 6.65. The third-order valence-electron chi connectivity index (χ3n) is 11.6. The number of fused-ring (bicyclic) bond motifs is 1. The average molecular weight is 780 g/mol. The molecule has 0 radical (unpaired) electrons. The summed E-state index contributed by atoms with van der Waals surface area (Å²) in [5.74, 6) is -0.991. The fraction of sp³-hybridized carbons (Fsp3) is 0.500. The molecule has 3 aromatic carbocycles. The zero-order valence-corrected chi connectivity index (χ0v) is 35.6. The number of unbranched alkanes of at least 4 members (excludes halogenated alkanes) is 2. The predicted octanol–water partition coefficient (Wildman–Crippen LogP) is 10.6. The Hall–Kier alpha value is -3.75. The molecular weight excluding hydrogens is 716 g/mol. The zero-order chi connectivity index (χ0) is 40.0. The van der Waals surface area contributed by atoms with E-state index in [-0.39, 0.29) is 5.41 Å². The van der Waals surface area contributed by atoms with Crippen LogP contribution < -0.4 is 10.2 Å². The van der Waals surface area contributed by atoms with E-state index in [0.29, 0.717) is 17.8 Å². The van der Waals surface area contributed by atoms with Gasteiger partial charge in [0.05, 0.1) is 17.0 Å². The van der Waals surface area contributed by atoms with Crippen molar-refractivity contribution in [1.29, 1.82) is 0 Å². The van der Waals surface area contributed by atoms with Crippen LogP contribution in [0.15, 0.2) is 66.7 Å². The van der Waals surface area contributed by atoms with Crippen LogP contribution in [0.5, 0.6) is 0 Å². The van der Waals surface area contributed by atoms with Crippen molar-refractivity contribution in [2.24, 2.45) is 5.41 Å². The van der Waals surface area contributed by atoms with Gasteiger partial charge in [-0.2, -0.15) is 0 Å². The largest absolute Gasteiger partial charge is 0.479 e. The van der Waals surface area contributed by atoms with Crippen molar-refractivity contribution in [3.8, 4) is 11.1 Å². The van der Waals surface area contributed by atoms with Gasteiger partial charge in [-0.25, -0.2) is 4.79 Å². The molecule has 1 unspecified atom stereocenters. The van der Waals surface area contributed by atoms with Gasteiger partial charge in [-0.3, -0.25) is 9.88 Å². The number of hydrogen-bond donors (Lipinski definition) is 2. The fourth-order valence-corrected chi connectivity index (χ4v) is 8.64. The summed E-state index contributed by atoms with van der Waals surface area (Å²) in [5.41, 5.74) is 11.4. The molecule has 4 aromatic rings. The molecule has 300 valence electrons. The van der Waals surface area contributed by atoms with Gasteiger partial charge >= 0.3 is 5.97 Å². The number of pyridine rings is 1. The molecule has 0 bridgehead atoms. The summed E-state index contributed by atoms with van der Waals surface area (Å²) in [7, 11) is 0. The van der Waals surface area contributed by atoms with E-state index in [1.54, 1.807) is 0 Å². The minimum Gasteiger partial charge on any atom is -0.479 e. The number of aliphatic carboxylic acids is 1. The highest BCUT2D eigenvalue weighted by molar-refractivity contribution is 6.31. The summed E-state index contributed by atoms with van der Waals surface area (Å²) in [6.07, 6.45) is 6.30. The molecule has 2 aliphatic heterocycles. The monoisotopic (exact) mass is 778 g/mol. The molecule has 6 rings (SSSR count). The number of benzene rings is 3. The topological polar surface area (TPSA) is 77.9 Å². The van der Waals surface area contributed by atoms with Crippen LogP contribution >= 0.6 is 11.6 Å². The molecule has 2 N–H and O–H groups in total. The van der Waals surface area contributed by atoms with Crippen molar-refractivity contribution < 1.29 is 14.6 Å². The smallest absolute Gasteiger partial charge is 0.337 e. The Morgan fingerprint density at radius 3 is 2.41 bits per heavy atom. The van der Waals surface area contributed by atoms with Crippen molar-refractivity contribution in [3.63, 3.8) is 0 Å². The van der Waals surface area contributed by atoms with Crippen molar-refractivity contribution >= 4 is 23.3 Å². The highest BCUT2D eigenvalue weighted by Gasteiger charge is 2.37. The maximum absolute atomic E-state index is 13.2. The minimum absolute atomic E-state index is 0.220. The van der Waals surface area contributed by atoms with Crippen LogP contribution in [0, 0.1) is 19.3 Å². The maximum Gasteiger partial charge on any atom is 0.337 e. The van der Waals surface area contributed by atoms with Crippen LogP contribution in [0.3, 0.4) is 0 Å². The van der Waals surface area contributed by atoms with E-state index in [9.17, 15) is 9.90 Å². The van der Waals surface area contributed by atoms with Crippen molar-refractivity contribution in [3.05, 3.63) is 117 Å². The van der Waals surface area contributed by atoms with E-state index in [1.807, 2.05) is 39.8 Å². The first-order chi connectivity index (χ1) is 26.7. The molecule has 1 fully saturated rings. The van der Waals surface area contributed by atoms with Gasteiger partial charge in [-0.15, -0.1) is 0 Å². The number of carboxylic acids is 1. The summed E-state index contributed by atoms with van der Waals surface area (Å²) in [6, 6.07) is 23.7. The number of halogens is 1. The van der Waals surface area contributed by atoms with Gasteiger partial charge in [-0.05, 0) is 125 Å². The number of ether oxygens (including phenoxy) is 1. The number of hydrogen-bond acceptors (Lipinski definition) is 6. The molecule has 7 nitrogen and oxygen atoms in total. The normalized spacial score (nSPS) is 16.5. The first-order valence-electron chi connectivity index (χ1n) is 20.7. The Morgan fingerprint density at radius 1 is 0.964 bits per heavy atom.